The minimum Gasteiger partial charge on any atom is -0.507 e. The van der Waals surface area contributed by atoms with E-state index >= 15 is 0 Å². The first-order valence-electron chi connectivity index (χ1n) is 12.6. The van der Waals surface area contributed by atoms with Gasteiger partial charge in [-0.15, -0.1) is 0 Å². The van der Waals surface area contributed by atoms with E-state index in [4.69, 9.17) is 14.2 Å². The Balaban J connectivity index is 1.82. The van der Waals surface area contributed by atoms with Crippen LogP contribution < -0.4 is 14.4 Å². The zero-order valence-corrected chi connectivity index (χ0v) is 23.0. The number of anilines is 1. The van der Waals surface area contributed by atoms with Gasteiger partial charge in [0.25, 0.3) is 5.78 Å². The number of ketones is 1. The number of aliphatic hydroxyl groups excluding tert-OH is 1. The van der Waals surface area contributed by atoms with Gasteiger partial charge in [-0.25, -0.2) is 9.78 Å². The van der Waals surface area contributed by atoms with Gasteiger partial charge in [-0.2, -0.15) is 0 Å². The number of aromatic nitrogens is 1. The molecule has 1 N–H and O–H groups in total. The fourth-order valence-corrected chi connectivity index (χ4v) is 5.21. The SMILES string of the molecule is CCCCOc1ccc(/C(O)=C2\C(=O)C(=O)N(c3nc(C)c(C(=O)OCC)s3)C2c2cccc(OC)c2)cc1. The zero-order chi connectivity index (χ0) is 28.1. The molecule has 1 aromatic heterocycles. The maximum atomic E-state index is 13.4. The van der Waals surface area contributed by atoms with Crippen LogP contribution in [0.3, 0.4) is 0 Å². The zero-order valence-electron chi connectivity index (χ0n) is 22.2. The standard InChI is InChI=1S/C29H30N2O7S/c1-5-7-15-38-20-13-11-18(12-14-20)24(32)22-23(19-9-8-10-21(16-19)36-4)31(27(34)25(22)33)29-30-17(3)26(39-29)28(35)37-6-2/h8-14,16,23,32H,5-7,15H2,1-4H3/b24-22+. The highest BCUT2D eigenvalue weighted by Gasteiger charge is 2.48. The van der Waals surface area contributed by atoms with Crippen LogP contribution >= 0.6 is 11.3 Å². The van der Waals surface area contributed by atoms with E-state index in [-0.39, 0.29) is 27.9 Å². The average Bonchev–Trinajstić information content (AvgIpc) is 3.45. The summed E-state index contributed by atoms with van der Waals surface area (Å²) in [7, 11) is 1.51. The van der Waals surface area contributed by atoms with Crippen molar-refractivity contribution in [1.82, 2.24) is 4.98 Å². The Labute approximate surface area is 230 Å². The molecule has 9 nitrogen and oxygen atoms in total. The molecule has 2 heterocycles. The minimum atomic E-state index is -1.01. The third kappa shape index (κ3) is 5.65. The van der Waals surface area contributed by atoms with Crippen molar-refractivity contribution >= 4 is 39.9 Å². The molecule has 1 amide bonds. The second-order valence-electron chi connectivity index (χ2n) is 8.80. The molecule has 4 rings (SSSR count). The van der Waals surface area contributed by atoms with Crippen LogP contribution in [0.1, 0.15) is 59.2 Å². The summed E-state index contributed by atoms with van der Waals surface area (Å²) in [6.07, 6.45) is 1.92. The number of amides is 1. The molecule has 1 fully saturated rings. The van der Waals surface area contributed by atoms with Crippen LogP contribution in [0.15, 0.2) is 54.1 Å². The molecule has 0 aliphatic carbocycles. The summed E-state index contributed by atoms with van der Waals surface area (Å²) in [6.45, 7) is 6.16. The average molecular weight is 551 g/mol. The van der Waals surface area contributed by atoms with Gasteiger partial charge in [0.1, 0.15) is 22.1 Å². The number of hydrogen-bond donors (Lipinski definition) is 1. The normalized spacial score (nSPS) is 16.4. The summed E-state index contributed by atoms with van der Waals surface area (Å²) in [5, 5.41) is 11.5. The first-order chi connectivity index (χ1) is 18.8. The van der Waals surface area contributed by atoms with Gasteiger partial charge in [-0.05, 0) is 62.2 Å². The predicted octanol–water partition coefficient (Wildman–Crippen LogP) is 5.44. The van der Waals surface area contributed by atoms with E-state index in [1.54, 1.807) is 62.4 Å². The minimum absolute atomic E-state index is 0.0987. The van der Waals surface area contributed by atoms with E-state index in [1.165, 1.54) is 12.0 Å². The van der Waals surface area contributed by atoms with Crippen molar-refractivity contribution in [3.63, 3.8) is 0 Å². The fraction of sp³-hybridized carbons (Fsp3) is 0.310. The Morgan fingerprint density at radius 3 is 2.51 bits per heavy atom. The quantitative estimate of drug-likeness (QED) is 0.117. The number of aryl methyl sites for hydroxylation is 1. The summed E-state index contributed by atoms with van der Waals surface area (Å²) in [5.41, 5.74) is 1.16. The molecule has 1 saturated heterocycles. The molecule has 10 heteroatoms. The molecule has 0 radical (unpaired) electrons. The van der Waals surface area contributed by atoms with Gasteiger partial charge in [0.2, 0.25) is 0 Å². The Hall–Kier alpha value is -4.18. The Morgan fingerprint density at radius 1 is 1.10 bits per heavy atom. The van der Waals surface area contributed by atoms with Gasteiger partial charge in [0.05, 0.1) is 37.6 Å². The highest BCUT2D eigenvalue weighted by Crippen LogP contribution is 2.44. The number of rotatable bonds is 10. The monoisotopic (exact) mass is 550 g/mol. The van der Waals surface area contributed by atoms with Gasteiger partial charge in [-0.1, -0.05) is 36.8 Å². The summed E-state index contributed by atoms with van der Waals surface area (Å²) < 4.78 is 16.2. The van der Waals surface area contributed by atoms with Crippen LogP contribution in [0, 0.1) is 6.92 Å². The topological polar surface area (TPSA) is 115 Å². The number of aliphatic hydroxyl groups is 1. The van der Waals surface area contributed by atoms with Crippen molar-refractivity contribution in [2.24, 2.45) is 0 Å². The molecule has 2 aromatic carbocycles. The molecule has 1 aliphatic heterocycles. The van der Waals surface area contributed by atoms with Crippen molar-refractivity contribution in [2.45, 2.75) is 39.7 Å². The maximum Gasteiger partial charge on any atom is 0.350 e. The second-order valence-corrected chi connectivity index (χ2v) is 9.78. The van der Waals surface area contributed by atoms with Gasteiger partial charge in [0.15, 0.2) is 5.13 Å². The Morgan fingerprint density at radius 2 is 1.85 bits per heavy atom. The Bertz CT molecular complexity index is 1410. The van der Waals surface area contributed by atoms with Crippen molar-refractivity contribution in [2.75, 3.05) is 25.2 Å². The lowest BCUT2D eigenvalue weighted by molar-refractivity contribution is -0.132. The lowest BCUT2D eigenvalue weighted by Crippen LogP contribution is -2.29. The lowest BCUT2D eigenvalue weighted by atomic mass is 9.95. The van der Waals surface area contributed by atoms with Gasteiger partial charge < -0.3 is 19.3 Å². The number of hydrogen-bond acceptors (Lipinski definition) is 9. The van der Waals surface area contributed by atoms with Crippen LogP contribution in [0.25, 0.3) is 5.76 Å². The first kappa shape index (κ1) is 27.8. The molecule has 0 spiro atoms. The largest absolute Gasteiger partial charge is 0.507 e. The molecule has 0 bridgehead atoms. The van der Waals surface area contributed by atoms with Crippen LogP contribution in [0.4, 0.5) is 5.13 Å². The number of Topliss-reactive ketones (excluding diaryl/α,β-unsaturated/α-hetero) is 1. The number of carbonyl (C=O) groups is 3. The van der Waals surface area contributed by atoms with E-state index in [9.17, 15) is 19.5 Å². The number of unbranched alkanes of at least 4 members (excludes halogenated alkanes) is 1. The van der Waals surface area contributed by atoms with E-state index < -0.39 is 23.7 Å². The predicted molar refractivity (Wildman–Crippen MR) is 147 cm³/mol. The van der Waals surface area contributed by atoms with Crippen LogP contribution in [0.5, 0.6) is 11.5 Å². The highest BCUT2D eigenvalue weighted by atomic mass is 32.1. The van der Waals surface area contributed by atoms with Gasteiger partial charge in [-0.3, -0.25) is 14.5 Å². The van der Waals surface area contributed by atoms with Crippen LogP contribution in [0.2, 0.25) is 0 Å². The van der Waals surface area contributed by atoms with Gasteiger partial charge in [0, 0.05) is 5.56 Å². The summed E-state index contributed by atoms with van der Waals surface area (Å²) in [6, 6.07) is 12.6. The van der Waals surface area contributed by atoms with Crippen LogP contribution in [-0.4, -0.2) is 48.1 Å². The number of nitrogens with zero attached hydrogens (tertiary/aromatic N) is 2. The molecule has 1 unspecified atom stereocenters. The first-order valence-corrected chi connectivity index (χ1v) is 13.4. The highest BCUT2D eigenvalue weighted by molar-refractivity contribution is 7.17. The fourth-order valence-electron chi connectivity index (χ4n) is 4.23. The van der Waals surface area contributed by atoms with Crippen molar-refractivity contribution < 1.29 is 33.7 Å². The Kier molecular flexibility index (Phi) is 8.65. The van der Waals surface area contributed by atoms with Crippen molar-refractivity contribution in [1.29, 1.82) is 0 Å². The lowest BCUT2D eigenvalue weighted by Gasteiger charge is -2.23. The third-order valence-corrected chi connectivity index (χ3v) is 7.34. The van der Waals surface area contributed by atoms with E-state index in [0.717, 1.165) is 24.2 Å². The molecular weight excluding hydrogens is 520 g/mol. The van der Waals surface area contributed by atoms with E-state index in [1.807, 2.05) is 0 Å². The maximum absolute atomic E-state index is 13.4. The molecule has 3 aromatic rings. The molecule has 204 valence electrons. The molecule has 0 saturated carbocycles. The van der Waals surface area contributed by atoms with E-state index in [2.05, 4.69) is 11.9 Å². The van der Waals surface area contributed by atoms with Crippen molar-refractivity contribution in [3.8, 4) is 11.5 Å². The summed E-state index contributed by atoms with van der Waals surface area (Å²) in [4.78, 5) is 45.2. The smallest absolute Gasteiger partial charge is 0.350 e. The van der Waals surface area contributed by atoms with E-state index in [0.29, 0.717) is 34.9 Å². The molecule has 39 heavy (non-hydrogen) atoms. The van der Waals surface area contributed by atoms with Gasteiger partial charge >= 0.3 is 11.9 Å². The molecule has 1 atom stereocenters. The number of methoxy groups -OCH3 is 1. The molecule has 1 aliphatic rings. The van der Waals surface area contributed by atoms with Crippen LogP contribution in [-0.2, 0) is 14.3 Å². The molecular formula is C29H30N2O7S. The number of esters is 1. The number of carbonyl (C=O) groups excluding carboxylic acids is 3. The number of benzene rings is 2. The summed E-state index contributed by atoms with van der Waals surface area (Å²) in [5.74, 6) is -1.48. The van der Waals surface area contributed by atoms with Crippen molar-refractivity contribution in [3.05, 3.63) is 75.8 Å². The third-order valence-electron chi connectivity index (χ3n) is 6.20. The summed E-state index contributed by atoms with van der Waals surface area (Å²) >= 11 is 0.955. The number of thiazole rings is 1. The second kappa shape index (κ2) is 12.1. The number of ether oxygens (including phenoxy) is 3.